The fraction of sp³-hybridized carbons (Fsp3) is 0.143. The molecule has 0 aromatic carbocycles. The Kier molecular flexibility index (Phi) is 3.91. The van der Waals surface area contributed by atoms with Gasteiger partial charge >= 0.3 is 5.97 Å². The number of hydrogen-bond donors (Lipinski definition) is 2. The Labute approximate surface area is 105 Å². The van der Waals surface area contributed by atoms with Gasteiger partial charge in [0.2, 0.25) is 0 Å². The number of carboxylic acids is 1. The Bertz CT molecular complexity index is 516. The maximum atomic E-state index is 10.8. The molecule has 18 heavy (non-hydrogen) atoms. The molecular weight excluding hydrogens is 228 g/mol. The molecule has 0 bridgehead atoms. The maximum absolute atomic E-state index is 10.8. The van der Waals surface area contributed by atoms with E-state index >= 15 is 0 Å². The first-order chi connectivity index (χ1) is 8.75. The lowest BCUT2D eigenvalue weighted by molar-refractivity contribution is -0.132. The number of carbonyl (C=O) groups is 1. The molecule has 1 aromatic rings. The highest BCUT2D eigenvalue weighted by Crippen LogP contribution is 2.09. The van der Waals surface area contributed by atoms with Crippen LogP contribution in [0, 0.1) is 0 Å². The number of aliphatic carboxylic acids is 1. The number of pyridine rings is 1. The fourth-order valence-corrected chi connectivity index (χ4v) is 1.62. The number of allylic oxidation sites excluding steroid dienone is 3. The number of hydrogen-bond acceptors (Lipinski definition) is 3. The van der Waals surface area contributed by atoms with Gasteiger partial charge in [-0.05, 0) is 36.3 Å². The van der Waals surface area contributed by atoms with Gasteiger partial charge in [0.05, 0.1) is 5.57 Å². The lowest BCUT2D eigenvalue weighted by Gasteiger charge is -2.06. The Morgan fingerprint density at radius 2 is 2.06 bits per heavy atom. The van der Waals surface area contributed by atoms with E-state index in [1.54, 1.807) is 30.6 Å². The van der Waals surface area contributed by atoms with Crippen LogP contribution in [0.3, 0.4) is 0 Å². The second-order valence-electron chi connectivity index (χ2n) is 3.90. The predicted octanol–water partition coefficient (Wildman–Crippen LogP) is 2.03. The molecule has 0 aliphatic heterocycles. The number of carboxylic acid groups (broad SMARTS) is 1. The van der Waals surface area contributed by atoms with E-state index in [1.807, 2.05) is 18.2 Å². The van der Waals surface area contributed by atoms with E-state index in [0.29, 0.717) is 18.5 Å². The van der Waals surface area contributed by atoms with Gasteiger partial charge in [0.15, 0.2) is 0 Å². The van der Waals surface area contributed by atoms with Gasteiger partial charge in [-0.1, -0.05) is 12.2 Å². The maximum Gasteiger partial charge on any atom is 0.335 e. The number of rotatable bonds is 4. The van der Waals surface area contributed by atoms with Crippen molar-refractivity contribution in [1.82, 2.24) is 10.3 Å². The zero-order valence-electron chi connectivity index (χ0n) is 9.84. The molecule has 0 amide bonds. The summed E-state index contributed by atoms with van der Waals surface area (Å²) in [6, 6.07) is 3.88. The van der Waals surface area contributed by atoms with Gasteiger partial charge in [-0.15, -0.1) is 0 Å². The van der Waals surface area contributed by atoms with Crippen molar-refractivity contribution in [2.75, 3.05) is 0 Å². The fourth-order valence-electron chi connectivity index (χ4n) is 1.62. The highest BCUT2D eigenvalue weighted by molar-refractivity contribution is 5.90. The number of nitrogens with one attached hydrogen (secondary N) is 1. The van der Waals surface area contributed by atoms with Crippen LogP contribution in [0.5, 0.6) is 0 Å². The molecule has 4 heteroatoms. The summed E-state index contributed by atoms with van der Waals surface area (Å²) in [4.78, 5) is 14.8. The molecule has 1 heterocycles. The van der Waals surface area contributed by atoms with Gasteiger partial charge in [0, 0.05) is 24.6 Å². The molecule has 2 N–H and O–H groups in total. The average Bonchev–Trinajstić information content (AvgIpc) is 2.63. The average molecular weight is 242 g/mol. The predicted molar refractivity (Wildman–Crippen MR) is 68.6 cm³/mol. The van der Waals surface area contributed by atoms with Crippen molar-refractivity contribution < 1.29 is 9.90 Å². The Morgan fingerprint density at radius 1 is 1.28 bits per heavy atom. The quantitative estimate of drug-likeness (QED) is 0.848. The number of aromatic nitrogens is 1. The molecule has 1 aromatic heterocycles. The SMILES string of the molecule is O=C(O)C1=CCC=C(NCc2ccncc2)C=C1. The molecule has 1 aliphatic rings. The van der Waals surface area contributed by atoms with Crippen LogP contribution in [0.4, 0.5) is 0 Å². The van der Waals surface area contributed by atoms with Crippen molar-refractivity contribution in [3.63, 3.8) is 0 Å². The van der Waals surface area contributed by atoms with E-state index < -0.39 is 5.97 Å². The van der Waals surface area contributed by atoms with Crippen LogP contribution in [0.25, 0.3) is 0 Å². The lowest BCUT2D eigenvalue weighted by atomic mass is 10.2. The van der Waals surface area contributed by atoms with Gasteiger partial charge in [0.25, 0.3) is 0 Å². The van der Waals surface area contributed by atoms with Crippen molar-refractivity contribution in [1.29, 1.82) is 0 Å². The van der Waals surface area contributed by atoms with Crippen molar-refractivity contribution in [3.05, 3.63) is 65.7 Å². The minimum Gasteiger partial charge on any atom is -0.478 e. The topological polar surface area (TPSA) is 62.2 Å². The van der Waals surface area contributed by atoms with Crippen LogP contribution in [0.15, 0.2) is 60.1 Å². The zero-order valence-corrected chi connectivity index (χ0v) is 9.84. The van der Waals surface area contributed by atoms with Crippen LogP contribution in [-0.4, -0.2) is 16.1 Å². The van der Waals surface area contributed by atoms with E-state index in [1.165, 1.54) is 0 Å². The molecule has 0 unspecified atom stereocenters. The summed E-state index contributed by atoms with van der Waals surface area (Å²) in [6.45, 7) is 0.696. The monoisotopic (exact) mass is 242 g/mol. The molecule has 92 valence electrons. The largest absolute Gasteiger partial charge is 0.478 e. The first kappa shape index (κ1) is 12.1. The highest BCUT2D eigenvalue weighted by Gasteiger charge is 2.05. The van der Waals surface area contributed by atoms with Crippen LogP contribution < -0.4 is 5.32 Å². The molecule has 2 rings (SSSR count). The first-order valence-corrected chi connectivity index (χ1v) is 5.70. The minimum absolute atomic E-state index is 0.326. The molecule has 0 atom stereocenters. The second-order valence-corrected chi connectivity index (χ2v) is 3.90. The summed E-state index contributed by atoms with van der Waals surface area (Å²) < 4.78 is 0. The van der Waals surface area contributed by atoms with Crippen molar-refractivity contribution >= 4 is 5.97 Å². The van der Waals surface area contributed by atoms with Gasteiger partial charge in [0.1, 0.15) is 0 Å². The summed E-state index contributed by atoms with van der Waals surface area (Å²) >= 11 is 0. The van der Waals surface area contributed by atoms with Gasteiger partial charge in [-0.3, -0.25) is 4.98 Å². The van der Waals surface area contributed by atoms with Crippen molar-refractivity contribution in [2.45, 2.75) is 13.0 Å². The second kappa shape index (κ2) is 5.82. The third kappa shape index (κ3) is 3.31. The third-order valence-corrected chi connectivity index (χ3v) is 2.61. The molecule has 0 saturated heterocycles. The molecule has 1 aliphatic carbocycles. The van der Waals surface area contributed by atoms with Crippen molar-refractivity contribution in [3.8, 4) is 0 Å². The standard InChI is InChI=1S/C14H14N2O2/c17-14(18)12-2-1-3-13(5-4-12)16-10-11-6-8-15-9-7-11/h2-9,16H,1,10H2,(H,17,18). The van der Waals surface area contributed by atoms with E-state index in [9.17, 15) is 4.79 Å². The van der Waals surface area contributed by atoms with Crippen LogP contribution in [0.1, 0.15) is 12.0 Å². The van der Waals surface area contributed by atoms with Gasteiger partial charge < -0.3 is 10.4 Å². The summed E-state index contributed by atoms with van der Waals surface area (Å²) in [5.41, 5.74) is 2.39. The summed E-state index contributed by atoms with van der Waals surface area (Å²) in [6.07, 6.45) is 11.2. The molecule has 0 radical (unpaired) electrons. The van der Waals surface area contributed by atoms with E-state index in [2.05, 4.69) is 10.3 Å². The van der Waals surface area contributed by atoms with Crippen LogP contribution in [0.2, 0.25) is 0 Å². The molecule has 4 nitrogen and oxygen atoms in total. The Morgan fingerprint density at radius 3 is 2.78 bits per heavy atom. The van der Waals surface area contributed by atoms with Gasteiger partial charge in [-0.2, -0.15) is 0 Å². The number of nitrogens with zero attached hydrogens (tertiary/aromatic N) is 1. The van der Waals surface area contributed by atoms with Crippen molar-refractivity contribution in [2.24, 2.45) is 0 Å². The summed E-state index contributed by atoms with van der Waals surface area (Å²) in [5, 5.41) is 12.1. The van der Waals surface area contributed by atoms with Crippen LogP contribution >= 0.6 is 0 Å². The third-order valence-electron chi connectivity index (χ3n) is 2.61. The Hall–Kier alpha value is -2.36. The lowest BCUT2D eigenvalue weighted by Crippen LogP contribution is -2.11. The summed E-state index contributed by atoms with van der Waals surface area (Å²) in [7, 11) is 0. The van der Waals surface area contributed by atoms with E-state index in [0.717, 1.165) is 11.3 Å². The highest BCUT2D eigenvalue weighted by atomic mass is 16.4. The van der Waals surface area contributed by atoms with E-state index in [4.69, 9.17) is 5.11 Å². The van der Waals surface area contributed by atoms with Gasteiger partial charge in [-0.25, -0.2) is 4.79 Å². The smallest absolute Gasteiger partial charge is 0.335 e. The molecule has 0 saturated carbocycles. The normalized spacial score (nSPS) is 14.4. The first-order valence-electron chi connectivity index (χ1n) is 5.70. The molecule has 0 spiro atoms. The Balaban J connectivity index is 1.94. The zero-order chi connectivity index (χ0) is 12.8. The van der Waals surface area contributed by atoms with Crippen LogP contribution in [-0.2, 0) is 11.3 Å². The summed E-state index contributed by atoms with van der Waals surface area (Å²) in [5.74, 6) is -0.893. The molecular formula is C14H14N2O2. The minimum atomic E-state index is -0.893. The molecule has 0 fully saturated rings. The van der Waals surface area contributed by atoms with E-state index in [-0.39, 0.29) is 0 Å².